The van der Waals surface area contributed by atoms with Crippen LogP contribution in [-0.4, -0.2) is 26.9 Å². The maximum absolute atomic E-state index is 14.1. The Morgan fingerprint density at radius 3 is 2.57 bits per heavy atom. The molecule has 1 N–H and O–H groups in total. The molecule has 178 valence electrons. The van der Waals surface area contributed by atoms with Gasteiger partial charge in [-0.15, -0.1) is 0 Å². The van der Waals surface area contributed by atoms with Crippen molar-refractivity contribution < 1.29 is 13.6 Å². The third-order valence-electron chi connectivity index (χ3n) is 6.23. The number of benzene rings is 3. The van der Waals surface area contributed by atoms with E-state index in [4.69, 9.17) is 16.6 Å². The zero-order valence-electron chi connectivity index (χ0n) is 19.0. The van der Waals surface area contributed by atoms with Crippen LogP contribution >= 0.6 is 11.6 Å². The fourth-order valence-electron chi connectivity index (χ4n) is 4.35. The highest BCUT2D eigenvalue weighted by Crippen LogP contribution is 2.34. The lowest BCUT2D eigenvalue weighted by atomic mass is 9.99. The van der Waals surface area contributed by atoms with E-state index >= 15 is 0 Å². The second-order valence-electron chi connectivity index (χ2n) is 8.53. The summed E-state index contributed by atoms with van der Waals surface area (Å²) in [5, 5.41) is 3.26. The predicted octanol–water partition coefficient (Wildman–Crippen LogP) is 6.37. The Balaban J connectivity index is 1.49. The quantitative estimate of drug-likeness (QED) is 0.352. The molecule has 5 rings (SSSR count). The van der Waals surface area contributed by atoms with Crippen molar-refractivity contribution in [2.45, 2.75) is 25.9 Å². The summed E-state index contributed by atoms with van der Waals surface area (Å²) in [5.74, 6) is 0.0816. The summed E-state index contributed by atoms with van der Waals surface area (Å²) in [7, 11) is 0. The third kappa shape index (κ3) is 4.64. The van der Waals surface area contributed by atoms with Crippen LogP contribution in [0.25, 0.3) is 11.3 Å². The van der Waals surface area contributed by atoms with Crippen molar-refractivity contribution in [1.29, 1.82) is 0 Å². The molecule has 4 aromatic rings. The maximum Gasteiger partial charge on any atom is 0.230 e. The number of hydrogen-bond donors (Lipinski definition) is 1. The Bertz CT molecular complexity index is 1390. The molecular formula is C27H23ClF2N4O. The van der Waals surface area contributed by atoms with Gasteiger partial charge in [0, 0.05) is 24.3 Å². The standard InChI is InChI=1S/C27H23ClF2N4O/c1-17(18-6-3-2-4-7-18)27(35)33-12-13-34-24(16-33)32-25(19-8-5-9-20(29)14-19)26(34)31-21-10-11-22(28)23(30)15-21/h2-11,14-15,17,31H,12-13,16H2,1H3. The minimum absolute atomic E-state index is 0.0204. The topological polar surface area (TPSA) is 50.2 Å². The Labute approximate surface area is 207 Å². The van der Waals surface area contributed by atoms with Crippen molar-refractivity contribution in [3.05, 3.63) is 101 Å². The number of imidazole rings is 1. The average molecular weight is 493 g/mol. The summed E-state index contributed by atoms with van der Waals surface area (Å²) in [6.07, 6.45) is 0. The summed E-state index contributed by atoms with van der Waals surface area (Å²) in [6.45, 7) is 3.20. The monoisotopic (exact) mass is 492 g/mol. The van der Waals surface area contributed by atoms with Crippen molar-refractivity contribution in [2.75, 3.05) is 11.9 Å². The van der Waals surface area contributed by atoms with E-state index in [0.717, 1.165) is 5.56 Å². The zero-order chi connectivity index (χ0) is 24.5. The first-order chi connectivity index (χ1) is 16.9. The van der Waals surface area contributed by atoms with Gasteiger partial charge in [-0.3, -0.25) is 4.79 Å². The largest absolute Gasteiger partial charge is 0.340 e. The molecule has 0 saturated carbocycles. The molecule has 1 amide bonds. The van der Waals surface area contributed by atoms with E-state index in [0.29, 0.717) is 48.2 Å². The fraction of sp³-hybridized carbons (Fsp3) is 0.185. The average Bonchev–Trinajstić information content (AvgIpc) is 3.23. The van der Waals surface area contributed by atoms with Crippen LogP contribution < -0.4 is 5.32 Å². The third-order valence-corrected chi connectivity index (χ3v) is 6.54. The Hall–Kier alpha value is -3.71. The van der Waals surface area contributed by atoms with Gasteiger partial charge in [-0.1, -0.05) is 54.1 Å². The first-order valence-corrected chi connectivity index (χ1v) is 11.7. The molecular weight excluding hydrogens is 470 g/mol. The predicted molar refractivity (Wildman–Crippen MR) is 133 cm³/mol. The van der Waals surface area contributed by atoms with Crippen molar-refractivity contribution in [3.63, 3.8) is 0 Å². The lowest BCUT2D eigenvalue weighted by Crippen LogP contribution is -2.40. The second kappa shape index (κ2) is 9.50. The molecule has 1 aliphatic heterocycles. The smallest absolute Gasteiger partial charge is 0.230 e. The highest BCUT2D eigenvalue weighted by atomic mass is 35.5. The molecule has 2 heterocycles. The van der Waals surface area contributed by atoms with Crippen LogP contribution in [0.2, 0.25) is 5.02 Å². The first-order valence-electron chi connectivity index (χ1n) is 11.3. The fourth-order valence-corrected chi connectivity index (χ4v) is 4.47. The molecule has 0 saturated heterocycles. The highest BCUT2D eigenvalue weighted by molar-refractivity contribution is 6.30. The molecule has 0 fully saturated rings. The number of halogens is 3. The molecule has 1 atom stereocenters. The van der Waals surface area contributed by atoms with E-state index in [1.165, 1.54) is 24.3 Å². The van der Waals surface area contributed by atoms with Crippen molar-refractivity contribution in [3.8, 4) is 11.3 Å². The minimum Gasteiger partial charge on any atom is -0.340 e. The number of anilines is 2. The van der Waals surface area contributed by atoms with Gasteiger partial charge in [0.1, 0.15) is 29.0 Å². The SMILES string of the molecule is CC(C(=O)N1CCn2c(nc(-c3cccc(F)c3)c2Nc2ccc(Cl)c(F)c2)C1)c1ccccc1. The molecule has 1 unspecified atom stereocenters. The highest BCUT2D eigenvalue weighted by Gasteiger charge is 2.29. The summed E-state index contributed by atoms with van der Waals surface area (Å²) in [4.78, 5) is 19.8. The Kier molecular flexibility index (Phi) is 6.26. The molecule has 0 radical (unpaired) electrons. The van der Waals surface area contributed by atoms with E-state index in [1.54, 1.807) is 23.1 Å². The van der Waals surface area contributed by atoms with Gasteiger partial charge in [-0.25, -0.2) is 13.8 Å². The second-order valence-corrected chi connectivity index (χ2v) is 8.94. The number of aromatic nitrogens is 2. The van der Waals surface area contributed by atoms with E-state index < -0.39 is 5.82 Å². The van der Waals surface area contributed by atoms with E-state index in [1.807, 2.05) is 41.8 Å². The number of nitrogens with one attached hydrogen (secondary N) is 1. The summed E-state index contributed by atoms with van der Waals surface area (Å²) in [5.41, 5.74) is 2.56. The normalized spacial score (nSPS) is 13.9. The van der Waals surface area contributed by atoms with Crippen LogP contribution in [0, 0.1) is 11.6 Å². The van der Waals surface area contributed by atoms with Crippen LogP contribution in [0.4, 0.5) is 20.3 Å². The number of carbonyl (C=O) groups excluding carboxylic acids is 1. The minimum atomic E-state index is -0.547. The lowest BCUT2D eigenvalue weighted by molar-refractivity contribution is -0.134. The van der Waals surface area contributed by atoms with Gasteiger partial charge in [0.05, 0.1) is 17.5 Å². The number of carbonyl (C=O) groups is 1. The van der Waals surface area contributed by atoms with Gasteiger partial charge < -0.3 is 14.8 Å². The number of amides is 1. The molecule has 8 heteroatoms. The van der Waals surface area contributed by atoms with E-state index in [2.05, 4.69) is 5.32 Å². The van der Waals surface area contributed by atoms with Crippen LogP contribution in [0.5, 0.6) is 0 Å². The van der Waals surface area contributed by atoms with Crippen LogP contribution in [0.3, 0.4) is 0 Å². The molecule has 5 nitrogen and oxygen atoms in total. The molecule has 3 aromatic carbocycles. The number of fused-ring (bicyclic) bond motifs is 1. The maximum atomic E-state index is 14.1. The molecule has 0 bridgehead atoms. The zero-order valence-corrected chi connectivity index (χ0v) is 19.8. The van der Waals surface area contributed by atoms with Gasteiger partial charge in [0.15, 0.2) is 0 Å². The lowest BCUT2D eigenvalue weighted by Gasteiger charge is -2.30. The molecule has 1 aromatic heterocycles. The van der Waals surface area contributed by atoms with E-state index in [9.17, 15) is 13.6 Å². The molecule has 35 heavy (non-hydrogen) atoms. The van der Waals surface area contributed by atoms with Crippen molar-refractivity contribution in [1.82, 2.24) is 14.5 Å². The van der Waals surface area contributed by atoms with Crippen LogP contribution in [-0.2, 0) is 17.9 Å². The number of nitrogens with zero attached hydrogens (tertiary/aromatic N) is 3. The van der Waals surface area contributed by atoms with Gasteiger partial charge in [0.2, 0.25) is 5.91 Å². The van der Waals surface area contributed by atoms with Crippen molar-refractivity contribution in [2.24, 2.45) is 0 Å². The van der Waals surface area contributed by atoms with Crippen LogP contribution in [0.15, 0.2) is 72.8 Å². The van der Waals surface area contributed by atoms with Gasteiger partial charge in [-0.05, 0) is 42.8 Å². The number of rotatable bonds is 5. The molecule has 1 aliphatic rings. The van der Waals surface area contributed by atoms with Crippen molar-refractivity contribution >= 4 is 29.0 Å². The summed E-state index contributed by atoms with van der Waals surface area (Å²) < 4.78 is 30.1. The van der Waals surface area contributed by atoms with Gasteiger partial charge >= 0.3 is 0 Å². The van der Waals surface area contributed by atoms with Crippen LogP contribution in [0.1, 0.15) is 24.2 Å². The van der Waals surface area contributed by atoms with Gasteiger partial charge in [-0.2, -0.15) is 0 Å². The number of hydrogen-bond acceptors (Lipinski definition) is 3. The summed E-state index contributed by atoms with van der Waals surface area (Å²) >= 11 is 5.84. The van der Waals surface area contributed by atoms with Gasteiger partial charge in [0.25, 0.3) is 0 Å². The Morgan fingerprint density at radius 1 is 1.03 bits per heavy atom. The molecule has 0 spiro atoms. The van der Waals surface area contributed by atoms with E-state index in [-0.39, 0.29) is 22.7 Å². The first kappa shape index (κ1) is 23.1. The Morgan fingerprint density at radius 2 is 1.83 bits per heavy atom. The molecule has 0 aliphatic carbocycles. The summed E-state index contributed by atoms with van der Waals surface area (Å²) in [6, 6.07) is 20.3.